The Kier molecular flexibility index (Phi) is 7.76. The topological polar surface area (TPSA) is 21.7 Å². The number of ether oxygens (including phenoxy) is 2. The van der Waals surface area contributed by atoms with Crippen LogP contribution < -0.4 is 14.4 Å². The molecule has 0 bridgehead atoms. The molecule has 2 aliphatic rings. The average molecular weight is 768 g/mol. The second-order valence-electron chi connectivity index (χ2n) is 15.6. The standard InChI is InChI=1S/C57H37NO2/c1-3-18-41(19-4-1)57(42-20-5-2-6-21-42)50-25-10-9-23-48(50)49-34-32-44(36-51(49)57)58(43-30-28-39(29-31-43)47-24-11-15-38-14-7-8-22-46(38)47)45-33-35-52-55(37-45)60-54-27-13-17-40-16-12-26-53(59-52)56(40)54/h1-37H. The van der Waals surface area contributed by atoms with Gasteiger partial charge in [-0.25, -0.2) is 0 Å². The summed E-state index contributed by atoms with van der Waals surface area (Å²) in [6, 6.07) is 80.5. The van der Waals surface area contributed by atoms with E-state index in [4.69, 9.17) is 9.47 Å². The predicted octanol–water partition coefficient (Wildman–Crippen LogP) is 15.4. The summed E-state index contributed by atoms with van der Waals surface area (Å²) in [5.74, 6) is 2.89. The van der Waals surface area contributed by atoms with Gasteiger partial charge in [0, 0.05) is 17.4 Å². The molecule has 3 nitrogen and oxygen atoms in total. The number of hydrogen-bond acceptors (Lipinski definition) is 3. The second kappa shape index (κ2) is 13.6. The molecular weight excluding hydrogens is 731 g/mol. The summed E-state index contributed by atoms with van der Waals surface area (Å²) in [6.45, 7) is 0. The van der Waals surface area contributed by atoms with Crippen LogP contribution in [0.4, 0.5) is 17.1 Å². The summed E-state index contributed by atoms with van der Waals surface area (Å²) in [5, 5.41) is 4.51. The van der Waals surface area contributed by atoms with Crippen molar-refractivity contribution in [3.8, 4) is 45.3 Å². The van der Waals surface area contributed by atoms with Crippen LogP contribution in [-0.2, 0) is 5.41 Å². The van der Waals surface area contributed by atoms with E-state index in [2.05, 4.69) is 199 Å². The van der Waals surface area contributed by atoms with Crippen molar-refractivity contribution in [3.05, 3.63) is 247 Å². The molecule has 0 radical (unpaired) electrons. The third kappa shape index (κ3) is 5.23. The van der Waals surface area contributed by atoms with Gasteiger partial charge in [0.25, 0.3) is 0 Å². The van der Waals surface area contributed by atoms with Crippen LogP contribution in [0.25, 0.3) is 43.8 Å². The Morgan fingerprint density at radius 1 is 0.333 bits per heavy atom. The molecule has 0 aromatic heterocycles. The monoisotopic (exact) mass is 767 g/mol. The second-order valence-corrected chi connectivity index (χ2v) is 15.6. The Hall–Kier alpha value is -7.88. The highest BCUT2D eigenvalue weighted by atomic mass is 16.5. The Morgan fingerprint density at radius 2 is 0.883 bits per heavy atom. The van der Waals surface area contributed by atoms with E-state index < -0.39 is 5.41 Å². The number of anilines is 3. The smallest absolute Gasteiger partial charge is 0.172 e. The van der Waals surface area contributed by atoms with Gasteiger partial charge in [-0.05, 0) is 109 Å². The van der Waals surface area contributed by atoms with E-state index in [1.807, 2.05) is 30.3 Å². The van der Waals surface area contributed by atoms with Crippen molar-refractivity contribution in [2.24, 2.45) is 0 Å². The predicted molar refractivity (Wildman–Crippen MR) is 245 cm³/mol. The van der Waals surface area contributed by atoms with Crippen molar-refractivity contribution in [3.63, 3.8) is 0 Å². The highest BCUT2D eigenvalue weighted by Crippen LogP contribution is 2.57. The Labute approximate surface area is 349 Å². The fourth-order valence-corrected chi connectivity index (χ4v) is 9.77. The van der Waals surface area contributed by atoms with Gasteiger partial charge in [0.2, 0.25) is 0 Å². The van der Waals surface area contributed by atoms with Crippen molar-refractivity contribution in [2.75, 3.05) is 4.90 Å². The quantitative estimate of drug-likeness (QED) is 0.168. The van der Waals surface area contributed by atoms with Crippen molar-refractivity contribution in [1.29, 1.82) is 0 Å². The molecule has 0 spiro atoms. The molecule has 60 heavy (non-hydrogen) atoms. The van der Waals surface area contributed by atoms with E-state index in [1.54, 1.807) is 0 Å². The summed E-state index contributed by atoms with van der Waals surface area (Å²) in [6.07, 6.45) is 0. The molecule has 0 saturated heterocycles. The first-order valence-corrected chi connectivity index (χ1v) is 20.5. The van der Waals surface area contributed by atoms with Crippen LogP contribution in [0, 0.1) is 0 Å². The van der Waals surface area contributed by atoms with Crippen molar-refractivity contribution in [2.45, 2.75) is 5.41 Å². The Bertz CT molecular complexity index is 3210. The normalized spacial score (nSPS) is 13.1. The van der Waals surface area contributed by atoms with Crippen LogP contribution >= 0.6 is 0 Å². The van der Waals surface area contributed by atoms with Gasteiger partial charge >= 0.3 is 0 Å². The van der Waals surface area contributed by atoms with Crippen LogP contribution in [0.3, 0.4) is 0 Å². The third-order valence-corrected chi connectivity index (χ3v) is 12.4. The summed E-state index contributed by atoms with van der Waals surface area (Å²) in [5.41, 5.74) is 12.3. The fourth-order valence-electron chi connectivity index (χ4n) is 9.77. The van der Waals surface area contributed by atoms with Gasteiger partial charge in [-0.2, -0.15) is 0 Å². The molecule has 282 valence electrons. The molecule has 1 aliphatic heterocycles. The van der Waals surface area contributed by atoms with Crippen molar-refractivity contribution >= 4 is 38.6 Å². The van der Waals surface area contributed by atoms with E-state index in [0.29, 0.717) is 11.5 Å². The summed E-state index contributed by atoms with van der Waals surface area (Å²) < 4.78 is 13.4. The zero-order valence-corrected chi connectivity index (χ0v) is 32.6. The molecule has 0 N–H and O–H groups in total. The number of benzene rings is 10. The van der Waals surface area contributed by atoms with Crippen LogP contribution in [-0.4, -0.2) is 0 Å². The first-order valence-electron chi connectivity index (χ1n) is 20.5. The Morgan fingerprint density at radius 3 is 1.65 bits per heavy atom. The van der Waals surface area contributed by atoms with Gasteiger partial charge in [-0.1, -0.05) is 170 Å². The minimum atomic E-state index is -0.538. The maximum Gasteiger partial charge on any atom is 0.172 e. The lowest BCUT2D eigenvalue weighted by Gasteiger charge is -2.35. The molecule has 1 aliphatic carbocycles. The lowest BCUT2D eigenvalue weighted by molar-refractivity contribution is 0.439. The number of nitrogens with zero attached hydrogens (tertiary/aromatic N) is 1. The van der Waals surface area contributed by atoms with Crippen LogP contribution in [0.15, 0.2) is 224 Å². The Balaban J connectivity index is 1.07. The molecule has 0 saturated carbocycles. The van der Waals surface area contributed by atoms with E-state index in [1.165, 1.54) is 49.7 Å². The molecule has 0 fully saturated rings. The van der Waals surface area contributed by atoms with Gasteiger partial charge < -0.3 is 14.4 Å². The number of hydrogen-bond donors (Lipinski definition) is 0. The van der Waals surface area contributed by atoms with Crippen molar-refractivity contribution in [1.82, 2.24) is 0 Å². The molecule has 0 amide bonds. The van der Waals surface area contributed by atoms with E-state index in [-0.39, 0.29) is 0 Å². The van der Waals surface area contributed by atoms with Gasteiger partial charge in [-0.3, -0.25) is 0 Å². The molecule has 3 heteroatoms. The van der Waals surface area contributed by atoms with Gasteiger partial charge in [0.05, 0.1) is 16.5 Å². The van der Waals surface area contributed by atoms with Gasteiger partial charge in [-0.15, -0.1) is 0 Å². The maximum absolute atomic E-state index is 6.77. The third-order valence-electron chi connectivity index (χ3n) is 12.4. The lowest BCUT2D eigenvalue weighted by atomic mass is 9.67. The molecule has 1 heterocycles. The maximum atomic E-state index is 6.77. The average Bonchev–Trinajstić information content (AvgIpc) is 3.50. The van der Waals surface area contributed by atoms with Crippen molar-refractivity contribution < 1.29 is 9.47 Å². The number of fused-ring (bicyclic) bond motifs is 5. The molecule has 0 unspecified atom stereocenters. The largest absolute Gasteiger partial charge is 0.453 e. The minimum Gasteiger partial charge on any atom is -0.453 e. The van der Waals surface area contributed by atoms with E-state index in [9.17, 15) is 0 Å². The lowest BCUT2D eigenvalue weighted by Crippen LogP contribution is -2.28. The molecule has 10 aromatic rings. The minimum absolute atomic E-state index is 0.538. The molecule has 0 atom stereocenters. The summed E-state index contributed by atoms with van der Waals surface area (Å²) in [4.78, 5) is 2.35. The highest BCUT2D eigenvalue weighted by Gasteiger charge is 2.46. The van der Waals surface area contributed by atoms with E-state index >= 15 is 0 Å². The molecular formula is C57H37NO2. The van der Waals surface area contributed by atoms with Gasteiger partial charge in [0.1, 0.15) is 11.5 Å². The zero-order valence-electron chi connectivity index (χ0n) is 32.6. The SMILES string of the molecule is c1ccc(C2(c3ccccc3)c3ccccc3-c3ccc(N(c4ccc(-c5cccc6ccccc56)cc4)c4ccc5c(c4)Oc4cccc6cccc(c46)O5)cc32)cc1. The first-order chi connectivity index (χ1) is 29.7. The summed E-state index contributed by atoms with van der Waals surface area (Å²) in [7, 11) is 0. The highest BCUT2D eigenvalue weighted by molar-refractivity contribution is 5.98. The van der Waals surface area contributed by atoms with E-state index in [0.717, 1.165) is 44.9 Å². The zero-order chi connectivity index (χ0) is 39.6. The van der Waals surface area contributed by atoms with Crippen LogP contribution in [0.1, 0.15) is 22.3 Å². The molecule has 10 aromatic carbocycles. The van der Waals surface area contributed by atoms with Crippen LogP contribution in [0.2, 0.25) is 0 Å². The first kappa shape index (κ1) is 34.2. The fraction of sp³-hybridized carbons (Fsp3) is 0.0175. The van der Waals surface area contributed by atoms with Crippen LogP contribution in [0.5, 0.6) is 23.0 Å². The molecule has 12 rings (SSSR count). The van der Waals surface area contributed by atoms with Gasteiger partial charge in [0.15, 0.2) is 11.5 Å². The number of rotatable bonds is 6. The summed E-state index contributed by atoms with van der Waals surface area (Å²) >= 11 is 0.